The minimum atomic E-state index is -0.101. The first-order valence-corrected chi connectivity index (χ1v) is 7.34. The van der Waals surface area contributed by atoms with E-state index in [1.165, 1.54) is 19.3 Å². The smallest absolute Gasteiger partial charge is 0.250 e. The molecule has 0 saturated heterocycles. The molecule has 2 unspecified atom stereocenters. The van der Waals surface area contributed by atoms with E-state index in [-0.39, 0.29) is 18.6 Å². The molecule has 0 aliphatic heterocycles. The van der Waals surface area contributed by atoms with Gasteiger partial charge in [0, 0.05) is 11.4 Å². The molecular formula is C16H24N2O2. The van der Waals surface area contributed by atoms with E-state index in [1.54, 1.807) is 6.07 Å². The second-order valence-corrected chi connectivity index (χ2v) is 5.73. The number of carbonyl (C=O) groups excluding carboxylic acids is 1. The Balaban J connectivity index is 1.83. The number of ether oxygens (including phenoxy) is 1. The lowest BCUT2D eigenvalue weighted by atomic mass is 9.88. The highest BCUT2D eigenvalue weighted by Crippen LogP contribution is 2.26. The Labute approximate surface area is 120 Å². The molecular weight excluding hydrogens is 252 g/mol. The lowest BCUT2D eigenvalue weighted by molar-refractivity contribution is -0.124. The topological polar surface area (TPSA) is 64.3 Å². The molecule has 2 rings (SSSR count). The fourth-order valence-corrected chi connectivity index (χ4v) is 2.73. The van der Waals surface area contributed by atoms with E-state index in [0.29, 0.717) is 11.6 Å². The quantitative estimate of drug-likeness (QED) is 0.830. The Morgan fingerprint density at radius 1 is 1.40 bits per heavy atom. The molecule has 4 nitrogen and oxygen atoms in total. The van der Waals surface area contributed by atoms with Crippen LogP contribution in [0, 0.1) is 12.8 Å². The third kappa shape index (κ3) is 3.97. The molecule has 1 saturated carbocycles. The van der Waals surface area contributed by atoms with E-state index in [0.717, 1.165) is 17.7 Å². The highest BCUT2D eigenvalue weighted by Gasteiger charge is 2.22. The molecule has 2 atom stereocenters. The molecule has 1 aliphatic rings. The van der Waals surface area contributed by atoms with E-state index in [1.807, 2.05) is 19.1 Å². The SMILES string of the molecule is Cc1cc(N)ccc1NC(=O)COC1CCCCC1C. The Kier molecular flexibility index (Phi) is 5.01. The highest BCUT2D eigenvalue weighted by molar-refractivity contribution is 5.92. The van der Waals surface area contributed by atoms with E-state index in [2.05, 4.69) is 12.2 Å². The van der Waals surface area contributed by atoms with Gasteiger partial charge < -0.3 is 15.8 Å². The summed E-state index contributed by atoms with van der Waals surface area (Å²) in [6, 6.07) is 5.46. The number of amides is 1. The zero-order chi connectivity index (χ0) is 14.5. The summed E-state index contributed by atoms with van der Waals surface area (Å²) < 4.78 is 5.76. The number of rotatable bonds is 4. The number of carbonyl (C=O) groups is 1. The number of nitrogen functional groups attached to an aromatic ring is 1. The summed E-state index contributed by atoms with van der Waals surface area (Å²) in [5.74, 6) is 0.449. The summed E-state index contributed by atoms with van der Waals surface area (Å²) in [7, 11) is 0. The van der Waals surface area contributed by atoms with Gasteiger partial charge in [0.25, 0.3) is 0 Å². The number of anilines is 2. The lowest BCUT2D eigenvalue weighted by Crippen LogP contribution is -2.29. The molecule has 1 aliphatic carbocycles. The number of nitrogens with two attached hydrogens (primary N) is 1. The van der Waals surface area contributed by atoms with Crippen LogP contribution in [0.15, 0.2) is 18.2 Å². The van der Waals surface area contributed by atoms with Gasteiger partial charge in [-0.1, -0.05) is 19.8 Å². The van der Waals surface area contributed by atoms with Gasteiger partial charge in [0.05, 0.1) is 6.10 Å². The van der Waals surface area contributed by atoms with Gasteiger partial charge in [-0.15, -0.1) is 0 Å². The van der Waals surface area contributed by atoms with Crippen molar-refractivity contribution in [3.63, 3.8) is 0 Å². The van der Waals surface area contributed by atoms with Crippen LogP contribution in [0.4, 0.5) is 11.4 Å². The maximum atomic E-state index is 11.9. The minimum Gasteiger partial charge on any atom is -0.399 e. The van der Waals surface area contributed by atoms with Crippen molar-refractivity contribution >= 4 is 17.3 Å². The average molecular weight is 276 g/mol. The molecule has 0 heterocycles. The Morgan fingerprint density at radius 3 is 2.85 bits per heavy atom. The fraction of sp³-hybridized carbons (Fsp3) is 0.562. The summed E-state index contributed by atoms with van der Waals surface area (Å²) in [5.41, 5.74) is 8.15. The normalized spacial score (nSPS) is 22.5. The van der Waals surface area contributed by atoms with Crippen LogP contribution in [0.3, 0.4) is 0 Å². The molecule has 4 heteroatoms. The first-order chi connectivity index (χ1) is 9.56. The van der Waals surface area contributed by atoms with Crippen LogP contribution < -0.4 is 11.1 Å². The average Bonchev–Trinajstić information content (AvgIpc) is 2.41. The number of aryl methyl sites for hydroxylation is 1. The molecule has 1 amide bonds. The van der Waals surface area contributed by atoms with E-state index in [4.69, 9.17) is 10.5 Å². The predicted molar refractivity (Wildman–Crippen MR) is 81.6 cm³/mol. The second-order valence-electron chi connectivity index (χ2n) is 5.73. The predicted octanol–water partition coefficient (Wildman–Crippen LogP) is 3.11. The standard InChI is InChI=1S/C16H24N2O2/c1-11-5-3-4-6-15(11)20-10-16(19)18-14-8-7-13(17)9-12(14)2/h7-9,11,15H,3-6,10,17H2,1-2H3,(H,18,19). The van der Waals surface area contributed by atoms with Crippen molar-refractivity contribution in [3.8, 4) is 0 Å². The summed E-state index contributed by atoms with van der Waals surface area (Å²) in [5, 5.41) is 2.87. The molecule has 0 aromatic heterocycles. The van der Waals surface area contributed by atoms with E-state index < -0.39 is 0 Å². The van der Waals surface area contributed by atoms with Crippen molar-refractivity contribution in [3.05, 3.63) is 23.8 Å². The molecule has 0 radical (unpaired) electrons. The molecule has 3 N–H and O–H groups in total. The van der Waals surface area contributed by atoms with Gasteiger partial charge in [0.1, 0.15) is 6.61 Å². The van der Waals surface area contributed by atoms with Gasteiger partial charge in [-0.2, -0.15) is 0 Å². The van der Waals surface area contributed by atoms with Crippen molar-refractivity contribution in [2.45, 2.75) is 45.6 Å². The number of hydrogen-bond donors (Lipinski definition) is 2. The largest absolute Gasteiger partial charge is 0.399 e. The number of benzene rings is 1. The first-order valence-electron chi connectivity index (χ1n) is 7.34. The Bertz CT molecular complexity index is 474. The van der Waals surface area contributed by atoms with Crippen LogP contribution in [0.2, 0.25) is 0 Å². The molecule has 1 aromatic carbocycles. The van der Waals surface area contributed by atoms with E-state index in [9.17, 15) is 4.79 Å². The summed E-state index contributed by atoms with van der Waals surface area (Å²) in [4.78, 5) is 11.9. The first kappa shape index (κ1) is 14.9. The van der Waals surface area contributed by atoms with Crippen LogP contribution in [-0.4, -0.2) is 18.6 Å². The third-order valence-corrected chi connectivity index (χ3v) is 3.99. The van der Waals surface area contributed by atoms with Gasteiger partial charge in [-0.05, 0) is 49.4 Å². The van der Waals surface area contributed by atoms with Crippen LogP contribution in [0.5, 0.6) is 0 Å². The van der Waals surface area contributed by atoms with Gasteiger partial charge in [-0.25, -0.2) is 0 Å². The van der Waals surface area contributed by atoms with Crippen LogP contribution in [0.25, 0.3) is 0 Å². The zero-order valence-electron chi connectivity index (χ0n) is 12.3. The third-order valence-electron chi connectivity index (χ3n) is 3.99. The lowest BCUT2D eigenvalue weighted by Gasteiger charge is -2.28. The van der Waals surface area contributed by atoms with Gasteiger partial charge in [-0.3, -0.25) is 4.79 Å². The van der Waals surface area contributed by atoms with Gasteiger partial charge in [0.15, 0.2) is 0 Å². The van der Waals surface area contributed by atoms with Gasteiger partial charge >= 0.3 is 0 Å². The van der Waals surface area contributed by atoms with Crippen LogP contribution in [0.1, 0.15) is 38.2 Å². The van der Waals surface area contributed by atoms with Crippen LogP contribution in [-0.2, 0) is 9.53 Å². The van der Waals surface area contributed by atoms with Crippen molar-refractivity contribution in [1.82, 2.24) is 0 Å². The monoisotopic (exact) mass is 276 g/mol. The zero-order valence-corrected chi connectivity index (χ0v) is 12.3. The van der Waals surface area contributed by atoms with Crippen molar-refractivity contribution in [2.75, 3.05) is 17.7 Å². The Hall–Kier alpha value is -1.55. The fourth-order valence-electron chi connectivity index (χ4n) is 2.73. The number of hydrogen-bond acceptors (Lipinski definition) is 3. The molecule has 1 fully saturated rings. The molecule has 110 valence electrons. The summed E-state index contributed by atoms with van der Waals surface area (Å²) in [6.07, 6.45) is 4.96. The molecule has 1 aromatic rings. The van der Waals surface area contributed by atoms with Crippen molar-refractivity contribution < 1.29 is 9.53 Å². The van der Waals surface area contributed by atoms with Crippen molar-refractivity contribution in [1.29, 1.82) is 0 Å². The maximum Gasteiger partial charge on any atom is 0.250 e. The molecule has 20 heavy (non-hydrogen) atoms. The van der Waals surface area contributed by atoms with Gasteiger partial charge in [0.2, 0.25) is 5.91 Å². The maximum absolute atomic E-state index is 11.9. The highest BCUT2D eigenvalue weighted by atomic mass is 16.5. The summed E-state index contributed by atoms with van der Waals surface area (Å²) >= 11 is 0. The van der Waals surface area contributed by atoms with E-state index >= 15 is 0 Å². The molecule has 0 spiro atoms. The Morgan fingerprint density at radius 2 is 2.15 bits per heavy atom. The van der Waals surface area contributed by atoms with Crippen LogP contribution >= 0.6 is 0 Å². The minimum absolute atomic E-state index is 0.101. The molecule has 0 bridgehead atoms. The number of nitrogens with one attached hydrogen (secondary N) is 1. The second kappa shape index (κ2) is 6.75. The van der Waals surface area contributed by atoms with Crippen molar-refractivity contribution in [2.24, 2.45) is 5.92 Å². The summed E-state index contributed by atoms with van der Waals surface area (Å²) in [6.45, 7) is 4.25.